The van der Waals surface area contributed by atoms with E-state index in [-0.39, 0.29) is 6.04 Å². The molecule has 0 aliphatic carbocycles. The van der Waals surface area contributed by atoms with Crippen LogP contribution in [-0.2, 0) is 4.74 Å². The summed E-state index contributed by atoms with van der Waals surface area (Å²) in [5.41, 5.74) is 2.49. The largest absolute Gasteiger partial charge is 0.379 e. The zero-order chi connectivity index (χ0) is 16.9. The first kappa shape index (κ1) is 16.1. The van der Waals surface area contributed by atoms with Crippen LogP contribution in [0, 0.1) is 0 Å². The first-order valence-electron chi connectivity index (χ1n) is 8.99. The van der Waals surface area contributed by atoms with E-state index in [1.807, 2.05) is 0 Å². The number of rotatable bonds is 5. The Labute approximate surface area is 149 Å². The van der Waals surface area contributed by atoms with Crippen LogP contribution in [0.1, 0.15) is 11.6 Å². The van der Waals surface area contributed by atoms with Gasteiger partial charge in [0, 0.05) is 25.3 Å². The van der Waals surface area contributed by atoms with Crippen molar-refractivity contribution in [2.24, 2.45) is 0 Å². The molecule has 3 heteroatoms. The Hall–Kier alpha value is -2.36. The molecule has 3 aromatic rings. The van der Waals surface area contributed by atoms with Crippen LogP contribution in [0.2, 0.25) is 0 Å². The van der Waals surface area contributed by atoms with Crippen LogP contribution in [0.5, 0.6) is 0 Å². The number of anilines is 1. The quantitative estimate of drug-likeness (QED) is 0.753. The van der Waals surface area contributed by atoms with Crippen molar-refractivity contribution >= 4 is 16.5 Å². The highest BCUT2D eigenvalue weighted by molar-refractivity contribution is 5.83. The van der Waals surface area contributed by atoms with Gasteiger partial charge in [0.25, 0.3) is 0 Å². The summed E-state index contributed by atoms with van der Waals surface area (Å²) < 4.78 is 5.50. The summed E-state index contributed by atoms with van der Waals surface area (Å²) in [7, 11) is 0. The van der Waals surface area contributed by atoms with Crippen molar-refractivity contribution in [3.8, 4) is 0 Å². The molecular formula is C22H24N2O. The molecule has 1 aliphatic heterocycles. The zero-order valence-corrected chi connectivity index (χ0v) is 14.4. The van der Waals surface area contributed by atoms with E-state index in [1.165, 1.54) is 16.3 Å². The van der Waals surface area contributed by atoms with Crippen LogP contribution in [0.4, 0.5) is 5.69 Å². The van der Waals surface area contributed by atoms with Gasteiger partial charge in [0.1, 0.15) is 0 Å². The van der Waals surface area contributed by atoms with E-state index in [2.05, 4.69) is 83.0 Å². The van der Waals surface area contributed by atoms with Gasteiger partial charge in [0.15, 0.2) is 0 Å². The molecule has 1 heterocycles. The van der Waals surface area contributed by atoms with Crippen LogP contribution in [0.25, 0.3) is 10.8 Å². The number of para-hydroxylation sites is 1. The lowest BCUT2D eigenvalue weighted by molar-refractivity contribution is 0.0361. The monoisotopic (exact) mass is 332 g/mol. The second-order valence-electron chi connectivity index (χ2n) is 6.58. The number of ether oxygens (including phenoxy) is 1. The van der Waals surface area contributed by atoms with Crippen molar-refractivity contribution in [1.82, 2.24) is 4.90 Å². The maximum atomic E-state index is 5.50. The molecule has 25 heavy (non-hydrogen) atoms. The Kier molecular flexibility index (Phi) is 4.96. The van der Waals surface area contributed by atoms with Crippen molar-refractivity contribution in [1.29, 1.82) is 0 Å². The van der Waals surface area contributed by atoms with E-state index in [0.29, 0.717) is 0 Å². The fraction of sp³-hybridized carbons (Fsp3) is 0.273. The van der Waals surface area contributed by atoms with Gasteiger partial charge in [-0.05, 0) is 34.5 Å². The van der Waals surface area contributed by atoms with Crippen molar-refractivity contribution in [2.75, 3.05) is 38.2 Å². The van der Waals surface area contributed by atoms with Crippen LogP contribution < -0.4 is 5.32 Å². The molecule has 0 aromatic heterocycles. The average Bonchev–Trinajstić information content (AvgIpc) is 2.69. The summed E-state index contributed by atoms with van der Waals surface area (Å²) >= 11 is 0. The molecule has 1 saturated heterocycles. The highest BCUT2D eigenvalue weighted by atomic mass is 16.5. The van der Waals surface area contributed by atoms with Crippen molar-refractivity contribution in [3.05, 3.63) is 78.4 Å². The summed E-state index contributed by atoms with van der Waals surface area (Å²) in [6.07, 6.45) is 0. The number of morpholine rings is 1. The minimum absolute atomic E-state index is 0.255. The van der Waals surface area contributed by atoms with Crippen molar-refractivity contribution in [2.45, 2.75) is 6.04 Å². The zero-order valence-electron chi connectivity index (χ0n) is 14.4. The highest BCUT2D eigenvalue weighted by Crippen LogP contribution is 2.25. The molecule has 1 fully saturated rings. The summed E-state index contributed by atoms with van der Waals surface area (Å²) in [4.78, 5) is 2.49. The first-order chi connectivity index (χ1) is 12.4. The second-order valence-corrected chi connectivity index (χ2v) is 6.58. The predicted molar refractivity (Wildman–Crippen MR) is 104 cm³/mol. The molecular weight excluding hydrogens is 308 g/mol. The second kappa shape index (κ2) is 7.68. The lowest BCUT2D eigenvalue weighted by Crippen LogP contribution is -2.40. The van der Waals surface area contributed by atoms with Crippen LogP contribution in [0.3, 0.4) is 0 Å². The molecule has 0 spiro atoms. The SMILES string of the molecule is c1ccc(NC(CN2CCOCC2)c2ccc3ccccc3c2)cc1. The van der Waals surface area contributed by atoms with E-state index >= 15 is 0 Å². The standard InChI is InChI=1S/C22H24N2O/c1-2-8-21(9-3-1)23-22(17-24-12-14-25-15-13-24)20-11-10-18-6-4-5-7-19(18)16-20/h1-11,16,22-23H,12-15,17H2. The average molecular weight is 332 g/mol. The van der Waals surface area contributed by atoms with Crippen LogP contribution in [0.15, 0.2) is 72.8 Å². The molecule has 0 saturated carbocycles. The number of hydrogen-bond acceptors (Lipinski definition) is 3. The van der Waals surface area contributed by atoms with Gasteiger partial charge < -0.3 is 10.1 Å². The Morgan fingerprint density at radius 3 is 2.36 bits per heavy atom. The van der Waals surface area contributed by atoms with E-state index in [4.69, 9.17) is 4.74 Å². The normalized spacial score (nSPS) is 16.6. The van der Waals surface area contributed by atoms with Crippen molar-refractivity contribution < 1.29 is 4.74 Å². The summed E-state index contributed by atoms with van der Waals surface area (Å²) in [5.74, 6) is 0. The number of fused-ring (bicyclic) bond motifs is 1. The molecule has 3 nitrogen and oxygen atoms in total. The molecule has 1 unspecified atom stereocenters. The van der Waals surface area contributed by atoms with Gasteiger partial charge in [-0.2, -0.15) is 0 Å². The van der Waals surface area contributed by atoms with Crippen molar-refractivity contribution in [3.63, 3.8) is 0 Å². The Morgan fingerprint density at radius 2 is 1.56 bits per heavy atom. The van der Waals surface area contributed by atoms with Gasteiger partial charge in [-0.15, -0.1) is 0 Å². The maximum Gasteiger partial charge on any atom is 0.0641 e. The summed E-state index contributed by atoms with van der Waals surface area (Å²) in [5, 5.41) is 6.31. The van der Waals surface area contributed by atoms with E-state index < -0.39 is 0 Å². The van der Waals surface area contributed by atoms with E-state index in [1.54, 1.807) is 0 Å². The van der Waals surface area contributed by atoms with Gasteiger partial charge in [-0.25, -0.2) is 0 Å². The molecule has 0 bridgehead atoms. The number of nitrogens with one attached hydrogen (secondary N) is 1. The van der Waals surface area contributed by atoms with Gasteiger partial charge in [-0.1, -0.05) is 54.6 Å². The van der Waals surface area contributed by atoms with Gasteiger partial charge >= 0.3 is 0 Å². The maximum absolute atomic E-state index is 5.50. The molecule has 1 N–H and O–H groups in total. The fourth-order valence-electron chi connectivity index (χ4n) is 3.44. The lowest BCUT2D eigenvalue weighted by Gasteiger charge is -2.31. The number of benzene rings is 3. The van der Waals surface area contributed by atoms with Crippen LogP contribution >= 0.6 is 0 Å². The predicted octanol–water partition coefficient (Wildman–Crippen LogP) is 4.33. The molecule has 1 aliphatic rings. The third kappa shape index (κ3) is 4.01. The van der Waals surface area contributed by atoms with Gasteiger partial charge in [0.2, 0.25) is 0 Å². The Bertz CT molecular complexity index is 812. The third-order valence-corrected chi connectivity index (χ3v) is 4.84. The molecule has 128 valence electrons. The minimum Gasteiger partial charge on any atom is -0.379 e. The molecule has 4 rings (SSSR count). The van der Waals surface area contributed by atoms with Crippen LogP contribution in [-0.4, -0.2) is 37.7 Å². The summed E-state index contributed by atoms with van der Waals surface area (Å²) in [6.45, 7) is 4.64. The molecule has 0 radical (unpaired) electrons. The van der Waals surface area contributed by atoms with E-state index in [0.717, 1.165) is 38.5 Å². The first-order valence-corrected chi connectivity index (χ1v) is 8.99. The number of nitrogens with zero attached hydrogens (tertiary/aromatic N) is 1. The minimum atomic E-state index is 0.255. The highest BCUT2D eigenvalue weighted by Gasteiger charge is 2.18. The molecule has 0 amide bonds. The smallest absolute Gasteiger partial charge is 0.0641 e. The fourth-order valence-corrected chi connectivity index (χ4v) is 3.44. The molecule has 1 atom stereocenters. The Morgan fingerprint density at radius 1 is 0.840 bits per heavy atom. The van der Waals surface area contributed by atoms with Gasteiger partial charge in [-0.3, -0.25) is 4.90 Å². The van der Waals surface area contributed by atoms with Gasteiger partial charge in [0.05, 0.1) is 19.3 Å². The topological polar surface area (TPSA) is 24.5 Å². The third-order valence-electron chi connectivity index (χ3n) is 4.84. The van der Waals surface area contributed by atoms with E-state index in [9.17, 15) is 0 Å². The lowest BCUT2D eigenvalue weighted by atomic mass is 10.0. The summed E-state index contributed by atoms with van der Waals surface area (Å²) in [6, 6.07) is 26.1. The number of hydrogen-bond donors (Lipinski definition) is 1. The molecule has 3 aromatic carbocycles. The Balaban J connectivity index is 1.62.